The van der Waals surface area contributed by atoms with E-state index in [1.54, 1.807) is 17.0 Å². The van der Waals surface area contributed by atoms with Gasteiger partial charge in [0.15, 0.2) is 0 Å². The van der Waals surface area contributed by atoms with E-state index in [1.165, 1.54) is 0 Å². The third kappa shape index (κ3) is 4.32. The highest BCUT2D eigenvalue weighted by Crippen LogP contribution is 2.25. The van der Waals surface area contributed by atoms with Crippen molar-refractivity contribution in [2.45, 2.75) is 45.8 Å². The van der Waals surface area contributed by atoms with Crippen LogP contribution in [0.1, 0.15) is 49.0 Å². The molecule has 2 unspecified atom stereocenters. The fourth-order valence-electron chi connectivity index (χ4n) is 3.03. The summed E-state index contributed by atoms with van der Waals surface area (Å²) in [6, 6.07) is 7.32. The number of rotatable bonds is 6. The van der Waals surface area contributed by atoms with Gasteiger partial charge >= 0.3 is 0 Å². The van der Waals surface area contributed by atoms with Gasteiger partial charge in [-0.05, 0) is 50.8 Å². The van der Waals surface area contributed by atoms with Crippen molar-refractivity contribution in [1.82, 2.24) is 10.2 Å². The summed E-state index contributed by atoms with van der Waals surface area (Å²) in [6.07, 6.45) is 1.86. The second kappa shape index (κ2) is 8.11. The van der Waals surface area contributed by atoms with E-state index >= 15 is 0 Å². The van der Waals surface area contributed by atoms with Gasteiger partial charge in [-0.3, -0.25) is 9.59 Å². The maximum atomic E-state index is 12.2. The highest BCUT2D eigenvalue weighted by atomic mass is 16.3. The predicted molar refractivity (Wildman–Crippen MR) is 88.9 cm³/mol. The van der Waals surface area contributed by atoms with Crippen LogP contribution >= 0.6 is 0 Å². The maximum absolute atomic E-state index is 12.2. The minimum absolute atomic E-state index is 0.0275. The molecule has 0 bridgehead atoms. The van der Waals surface area contributed by atoms with E-state index in [1.807, 2.05) is 26.0 Å². The predicted octanol–water partition coefficient (Wildman–Crippen LogP) is 1.95. The third-order valence-electron chi connectivity index (χ3n) is 4.53. The fourth-order valence-corrected chi connectivity index (χ4v) is 3.03. The van der Waals surface area contributed by atoms with Crippen molar-refractivity contribution >= 4 is 11.8 Å². The number of aliphatic hydroxyl groups excluding tert-OH is 1. The number of nitrogens with zero attached hydrogens (tertiary/aromatic N) is 1. The van der Waals surface area contributed by atoms with Crippen LogP contribution in [0.3, 0.4) is 0 Å². The van der Waals surface area contributed by atoms with Crippen LogP contribution in [0.2, 0.25) is 0 Å². The third-order valence-corrected chi connectivity index (χ3v) is 4.53. The first-order chi connectivity index (χ1) is 11.1. The first-order valence-electron chi connectivity index (χ1n) is 8.40. The summed E-state index contributed by atoms with van der Waals surface area (Å²) >= 11 is 0. The molecule has 2 N–H and O–H groups in total. The van der Waals surface area contributed by atoms with Crippen molar-refractivity contribution in [2.75, 3.05) is 13.1 Å². The van der Waals surface area contributed by atoms with E-state index in [4.69, 9.17) is 0 Å². The maximum Gasteiger partial charge on any atom is 0.253 e. The molecular weight excluding hydrogens is 292 g/mol. The molecule has 0 aliphatic heterocycles. The summed E-state index contributed by atoms with van der Waals surface area (Å²) in [6.45, 7) is 5.72. The zero-order chi connectivity index (χ0) is 16.8. The van der Waals surface area contributed by atoms with E-state index in [2.05, 4.69) is 5.32 Å². The number of nitrogens with one attached hydrogen (secondary N) is 1. The molecule has 0 saturated heterocycles. The summed E-state index contributed by atoms with van der Waals surface area (Å²) < 4.78 is 0. The molecule has 2 atom stereocenters. The summed E-state index contributed by atoms with van der Waals surface area (Å²) in [7, 11) is 0. The van der Waals surface area contributed by atoms with Crippen molar-refractivity contribution in [2.24, 2.45) is 5.92 Å². The Morgan fingerprint density at radius 3 is 2.35 bits per heavy atom. The quantitative estimate of drug-likeness (QED) is 0.842. The summed E-state index contributed by atoms with van der Waals surface area (Å²) in [5.74, 6) is -0.337. The molecule has 0 radical (unpaired) electrons. The topological polar surface area (TPSA) is 69.6 Å². The van der Waals surface area contributed by atoms with Gasteiger partial charge in [0.25, 0.3) is 5.91 Å². The average Bonchev–Trinajstić information content (AvgIpc) is 3.00. The lowest BCUT2D eigenvalue weighted by molar-refractivity contribution is -0.127. The van der Waals surface area contributed by atoms with Crippen molar-refractivity contribution in [3.8, 4) is 0 Å². The molecule has 1 saturated carbocycles. The summed E-state index contributed by atoms with van der Waals surface area (Å²) in [5, 5.41) is 12.6. The molecule has 1 aliphatic carbocycles. The Kier molecular flexibility index (Phi) is 6.16. The van der Waals surface area contributed by atoms with Crippen molar-refractivity contribution in [3.05, 3.63) is 35.4 Å². The van der Waals surface area contributed by atoms with Gasteiger partial charge in [-0.2, -0.15) is 0 Å². The molecular formula is C18H26N2O3. The molecule has 23 heavy (non-hydrogen) atoms. The Hall–Kier alpha value is -1.88. The van der Waals surface area contributed by atoms with Gasteiger partial charge in [-0.25, -0.2) is 0 Å². The molecule has 126 valence electrons. The highest BCUT2D eigenvalue weighted by Gasteiger charge is 2.31. The van der Waals surface area contributed by atoms with Crippen LogP contribution in [0.4, 0.5) is 0 Å². The molecule has 1 aromatic rings. The minimum atomic E-state index is -0.510. The van der Waals surface area contributed by atoms with Gasteiger partial charge in [0.05, 0.1) is 12.0 Å². The number of carbonyl (C=O) groups excluding carboxylic acids is 2. The number of hydrogen-bond donors (Lipinski definition) is 2. The Balaban J connectivity index is 1.90. The first kappa shape index (κ1) is 17.5. The lowest BCUT2D eigenvalue weighted by Crippen LogP contribution is -2.34. The lowest BCUT2D eigenvalue weighted by atomic mass is 10.0. The Morgan fingerprint density at radius 2 is 1.83 bits per heavy atom. The Bertz CT molecular complexity index is 538. The Morgan fingerprint density at radius 1 is 1.17 bits per heavy atom. The van der Waals surface area contributed by atoms with Gasteiger partial charge in [0.1, 0.15) is 0 Å². The minimum Gasteiger partial charge on any atom is -0.392 e. The monoisotopic (exact) mass is 318 g/mol. The molecule has 0 aromatic heterocycles. The standard InChI is InChI=1S/C18H26N2O3/c1-3-20(4-2)18(23)14-10-8-13(9-11-14)12-19-17(22)15-6-5-7-16(15)21/h8-11,15-16,21H,3-7,12H2,1-2H3,(H,19,22). The second-order valence-corrected chi connectivity index (χ2v) is 6.00. The normalized spacial score (nSPS) is 20.3. The molecule has 2 rings (SSSR count). The largest absolute Gasteiger partial charge is 0.392 e. The van der Waals surface area contributed by atoms with Gasteiger partial charge in [-0.15, -0.1) is 0 Å². The van der Waals surface area contributed by atoms with Gasteiger partial charge in [-0.1, -0.05) is 12.1 Å². The van der Waals surface area contributed by atoms with E-state index < -0.39 is 6.10 Å². The van der Waals surface area contributed by atoms with E-state index in [0.29, 0.717) is 31.6 Å². The van der Waals surface area contributed by atoms with Crippen LogP contribution in [0.25, 0.3) is 0 Å². The zero-order valence-electron chi connectivity index (χ0n) is 13.9. The molecule has 0 spiro atoms. The smallest absolute Gasteiger partial charge is 0.253 e. The Labute approximate surface area is 137 Å². The van der Waals surface area contributed by atoms with E-state index in [-0.39, 0.29) is 17.7 Å². The van der Waals surface area contributed by atoms with Crippen LogP contribution in [-0.4, -0.2) is 41.0 Å². The zero-order valence-corrected chi connectivity index (χ0v) is 13.9. The van der Waals surface area contributed by atoms with Gasteiger partial charge in [0, 0.05) is 25.2 Å². The van der Waals surface area contributed by atoms with Crippen molar-refractivity contribution in [3.63, 3.8) is 0 Å². The number of amides is 2. The second-order valence-electron chi connectivity index (χ2n) is 6.00. The number of aliphatic hydroxyl groups is 1. The lowest BCUT2D eigenvalue weighted by Gasteiger charge is -2.18. The molecule has 5 nitrogen and oxygen atoms in total. The molecule has 1 aliphatic rings. The number of benzene rings is 1. The average molecular weight is 318 g/mol. The highest BCUT2D eigenvalue weighted by molar-refractivity contribution is 5.94. The van der Waals surface area contributed by atoms with Gasteiger partial charge < -0.3 is 15.3 Å². The van der Waals surface area contributed by atoms with Crippen LogP contribution in [0, 0.1) is 5.92 Å². The molecule has 1 fully saturated rings. The molecule has 2 amide bonds. The van der Waals surface area contributed by atoms with Gasteiger partial charge in [0.2, 0.25) is 5.91 Å². The van der Waals surface area contributed by atoms with E-state index in [0.717, 1.165) is 18.4 Å². The first-order valence-corrected chi connectivity index (χ1v) is 8.40. The molecule has 1 aromatic carbocycles. The number of carbonyl (C=O) groups is 2. The van der Waals surface area contributed by atoms with Crippen molar-refractivity contribution < 1.29 is 14.7 Å². The molecule has 5 heteroatoms. The van der Waals surface area contributed by atoms with Crippen molar-refractivity contribution in [1.29, 1.82) is 0 Å². The molecule has 0 heterocycles. The SMILES string of the molecule is CCN(CC)C(=O)c1ccc(CNC(=O)C2CCCC2O)cc1. The van der Waals surface area contributed by atoms with Crippen LogP contribution in [-0.2, 0) is 11.3 Å². The summed E-state index contributed by atoms with van der Waals surface area (Å²) in [4.78, 5) is 26.0. The fraction of sp³-hybridized carbons (Fsp3) is 0.556. The van der Waals surface area contributed by atoms with Crippen LogP contribution in [0.15, 0.2) is 24.3 Å². The van der Waals surface area contributed by atoms with E-state index in [9.17, 15) is 14.7 Å². The van der Waals surface area contributed by atoms with Crippen LogP contribution in [0.5, 0.6) is 0 Å². The van der Waals surface area contributed by atoms with Crippen LogP contribution < -0.4 is 5.32 Å². The number of hydrogen-bond acceptors (Lipinski definition) is 3. The summed E-state index contributed by atoms with van der Waals surface area (Å²) in [5.41, 5.74) is 1.61.